The van der Waals surface area contributed by atoms with Gasteiger partial charge in [0.1, 0.15) is 0 Å². The van der Waals surface area contributed by atoms with E-state index in [9.17, 15) is 0 Å². The van der Waals surface area contributed by atoms with Gasteiger partial charge in [-0.15, -0.1) is 0 Å². The Balaban J connectivity index is 1.82. The Morgan fingerprint density at radius 2 is 1.71 bits per heavy atom. The normalized spacial score (nSPS) is 23.1. The number of hydrazine groups is 1. The summed E-state index contributed by atoms with van der Waals surface area (Å²) >= 11 is 0. The molecule has 1 heterocycles. The van der Waals surface area contributed by atoms with Crippen LogP contribution in [0, 0.1) is 5.92 Å². The molecule has 1 aliphatic rings. The fourth-order valence-electron chi connectivity index (χ4n) is 3.17. The molecule has 3 unspecified atom stereocenters. The van der Waals surface area contributed by atoms with Crippen molar-refractivity contribution in [3.05, 3.63) is 60.2 Å². The van der Waals surface area contributed by atoms with Gasteiger partial charge in [-0.25, -0.2) is 0 Å². The van der Waals surface area contributed by atoms with Crippen molar-refractivity contribution < 1.29 is 4.74 Å². The van der Waals surface area contributed by atoms with Crippen LogP contribution < -0.4 is 11.3 Å². The van der Waals surface area contributed by atoms with Crippen LogP contribution in [0.2, 0.25) is 0 Å². The molecule has 21 heavy (non-hydrogen) atoms. The van der Waals surface area contributed by atoms with E-state index in [2.05, 4.69) is 60.9 Å². The molecule has 3 N–H and O–H groups in total. The molecule has 3 atom stereocenters. The molecule has 3 heteroatoms. The summed E-state index contributed by atoms with van der Waals surface area (Å²) in [7, 11) is 0. The summed E-state index contributed by atoms with van der Waals surface area (Å²) in [5, 5.41) is 0. The van der Waals surface area contributed by atoms with Gasteiger partial charge in [-0.1, -0.05) is 54.6 Å². The first-order valence-electron chi connectivity index (χ1n) is 7.52. The maximum atomic E-state index is 5.79. The molecule has 0 bridgehead atoms. The number of nitrogens with two attached hydrogens (primary N) is 1. The van der Waals surface area contributed by atoms with Crippen LogP contribution in [0.4, 0.5) is 0 Å². The molecular formula is C18H22N2O. The van der Waals surface area contributed by atoms with Crippen molar-refractivity contribution in [1.29, 1.82) is 0 Å². The molecule has 0 saturated carbocycles. The first kappa shape index (κ1) is 14.3. The van der Waals surface area contributed by atoms with E-state index in [0.29, 0.717) is 5.92 Å². The van der Waals surface area contributed by atoms with Gasteiger partial charge in [-0.3, -0.25) is 11.3 Å². The molecule has 110 valence electrons. The number of benzene rings is 2. The lowest BCUT2D eigenvalue weighted by molar-refractivity contribution is 0.0954. The molecule has 3 nitrogen and oxygen atoms in total. The zero-order chi connectivity index (χ0) is 14.7. The Labute approximate surface area is 126 Å². The zero-order valence-corrected chi connectivity index (χ0v) is 12.3. The lowest BCUT2D eigenvalue weighted by Gasteiger charge is -2.25. The number of ether oxygens (including phenoxy) is 1. The maximum Gasteiger partial charge on any atom is 0.0594 e. The van der Waals surface area contributed by atoms with Crippen LogP contribution in [0.1, 0.15) is 24.9 Å². The van der Waals surface area contributed by atoms with Crippen molar-refractivity contribution in [2.45, 2.75) is 25.5 Å². The fourth-order valence-corrected chi connectivity index (χ4v) is 3.17. The van der Waals surface area contributed by atoms with Crippen LogP contribution >= 0.6 is 0 Å². The largest absolute Gasteiger partial charge is 0.378 e. The predicted octanol–water partition coefficient (Wildman–Crippen LogP) is 3.28. The molecular weight excluding hydrogens is 260 g/mol. The Bertz CT molecular complexity index is 568. The minimum atomic E-state index is 0.146. The third kappa shape index (κ3) is 3.00. The highest BCUT2D eigenvalue weighted by Gasteiger charge is 2.32. The molecule has 0 radical (unpaired) electrons. The van der Waals surface area contributed by atoms with Gasteiger partial charge in [0.2, 0.25) is 0 Å². The smallest absolute Gasteiger partial charge is 0.0594 e. The molecule has 3 rings (SSSR count). The van der Waals surface area contributed by atoms with Gasteiger partial charge in [0, 0.05) is 12.5 Å². The van der Waals surface area contributed by atoms with Crippen molar-refractivity contribution in [1.82, 2.24) is 5.43 Å². The van der Waals surface area contributed by atoms with Crippen molar-refractivity contribution in [3.8, 4) is 11.1 Å². The van der Waals surface area contributed by atoms with E-state index in [-0.39, 0.29) is 12.1 Å². The average molecular weight is 282 g/mol. The molecule has 2 aromatic rings. The summed E-state index contributed by atoms with van der Waals surface area (Å²) in [6.45, 7) is 2.95. The van der Waals surface area contributed by atoms with E-state index in [1.54, 1.807) is 0 Å². The van der Waals surface area contributed by atoms with E-state index in [0.717, 1.165) is 13.0 Å². The van der Waals surface area contributed by atoms with Crippen LogP contribution in [0.15, 0.2) is 54.6 Å². The SMILES string of the molecule is CC1OCCC1C(NN)c1ccc(-c2ccccc2)cc1. The van der Waals surface area contributed by atoms with E-state index >= 15 is 0 Å². The van der Waals surface area contributed by atoms with Crippen LogP contribution in [0.5, 0.6) is 0 Å². The van der Waals surface area contributed by atoms with Crippen molar-refractivity contribution in [2.75, 3.05) is 6.61 Å². The lowest BCUT2D eigenvalue weighted by Crippen LogP contribution is -2.36. The number of rotatable bonds is 4. The molecule has 0 spiro atoms. The quantitative estimate of drug-likeness (QED) is 0.668. The molecule has 0 aromatic heterocycles. The second-order valence-electron chi connectivity index (χ2n) is 5.66. The van der Waals surface area contributed by atoms with Gasteiger partial charge in [-0.05, 0) is 30.0 Å². The third-order valence-electron chi connectivity index (χ3n) is 4.42. The predicted molar refractivity (Wildman–Crippen MR) is 85.5 cm³/mol. The maximum absolute atomic E-state index is 5.79. The standard InChI is InChI=1S/C18H22N2O/c1-13-17(11-12-21-13)18(20-19)16-9-7-15(8-10-16)14-5-3-2-4-6-14/h2-10,13,17-18,20H,11-12,19H2,1H3. The minimum Gasteiger partial charge on any atom is -0.378 e. The van der Waals surface area contributed by atoms with Crippen LogP contribution in [0.3, 0.4) is 0 Å². The molecule has 2 aromatic carbocycles. The van der Waals surface area contributed by atoms with Gasteiger partial charge in [0.15, 0.2) is 0 Å². The van der Waals surface area contributed by atoms with Gasteiger partial charge < -0.3 is 4.74 Å². The van der Waals surface area contributed by atoms with Gasteiger partial charge in [-0.2, -0.15) is 0 Å². The monoisotopic (exact) mass is 282 g/mol. The lowest BCUT2D eigenvalue weighted by atomic mass is 9.88. The average Bonchev–Trinajstić information content (AvgIpc) is 2.96. The molecule has 1 aliphatic heterocycles. The second kappa shape index (κ2) is 6.39. The zero-order valence-electron chi connectivity index (χ0n) is 12.3. The molecule has 0 amide bonds. The fraction of sp³-hybridized carbons (Fsp3) is 0.333. The van der Waals surface area contributed by atoms with Crippen molar-refractivity contribution >= 4 is 0 Å². The summed E-state index contributed by atoms with van der Waals surface area (Å²) < 4.78 is 5.67. The summed E-state index contributed by atoms with van der Waals surface area (Å²) in [4.78, 5) is 0. The summed E-state index contributed by atoms with van der Waals surface area (Å²) in [5.74, 6) is 6.22. The highest BCUT2D eigenvalue weighted by molar-refractivity contribution is 5.63. The van der Waals surface area contributed by atoms with Gasteiger partial charge >= 0.3 is 0 Å². The minimum absolute atomic E-state index is 0.146. The van der Waals surface area contributed by atoms with Crippen molar-refractivity contribution in [3.63, 3.8) is 0 Å². The van der Waals surface area contributed by atoms with Crippen molar-refractivity contribution in [2.24, 2.45) is 11.8 Å². The van der Waals surface area contributed by atoms with Crippen LogP contribution in [-0.2, 0) is 4.74 Å². The van der Waals surface area contributed by atoms with E-state index < -0.39 is 0 Å². The highest BCUT2D eigenvalue weighted by atomic mass is 16.5. The van der Waals surface area contributed by atoms with Gasteiger partial charge in [0.05, 0.1) is 12.1 Å². The topological polar surface area (TPSA) is 47.3 Å². The molecule has 0 aliphatic carbocycles. The molecule has 1 saturated heterocycles. The Morgan fingerprint density at radius 3 is 2.29 bits per heavy atom. The van der Waals surface area contributed by atoms with Gasteiger partial charge in [0.25, 0.3) is 0 Å². The third-order valence-corrected chi connectivity index (χ3v) is 4.42. The van der Waals surface area contributed by atoms with Crippen LogP contribution in [0.25, 0.3) is 11.1 Å². The highest BCUT2D eigenvalue weighted by Crippen LogP contribution is 2.33. The Morgan fingerprint density at radius 1 is 1.05 bits per heavy atom. The number of hydrogen-bond donors (Lipinski definition) is 2. The Kier molecular flexibility index (Phi) is 4.34. The van der Waals surface area contributed by atoms with E-state index in [4.69, 9.17) is 10.6 Å². The second-order valence-corrected chi connectivity index (χ2v) is 5.66. The first-order valence-corrected chi connectivity index (χ1v) is 7.52. The Hall–Kier alpha value is -1.68. The van der Waals surface area contributed by atoms with E-state index in [1.807, 2.05) is 6.07 Å². The number of nitrogens with one attached hydrogen (secondary N) is 1. The summed E-state index contributed by atoms with van der Waals surface area (Å²) in [6, 6.07) is 19.2. The molecule has 1 fully saturated rings. The summed E-state index contributed by atoms with van der Waals surface area (Å²) in [5.41, 5.74) is 6.65. The first-order chi connectivity index (χ1) is 10.3. The number of hydrogen-bond acceptors (Lipinski definition) is 3. The van der Waals surface area contributed by atoms with E-state index in [1.165, 1.54) is 16.7 Å². The van der Waals surface area contributed by atoms with Crippen LogP contribution in [-0.4, -0.2) is 12.7 Å². The summed E-state index contributed by atoms with van der Waals surface area (Å²) in [6.07, 6.45) is 1.30.